The lowest BCUT2D eigenvalue weighted by atomic mass is 10.1. The second-order valence-electron chi connectivity index (χ2n) is 3.79. The number of carboxylic acid groups (broad SMARTS) is 1. The molecule has 0 aromatic heterocycles. The molecular formula is C10H18N2O3. The van der Waals surface area contributed by atoms with Crippen LogP contribution in [0.15, 0.2) is 0 Å². The summed E-state index contributed by atoms with van der Waals surface area (Å²) >= 11 is 0. The molecule has 0 aliphatic carbocycles. The molecule has 5 heteroatoms. The summed E-state index contributed by atoms with van der Waals surface area (Å²) < 4.78 is 0. The van der Waals surface area contributed by atoms with E-state index >= 15 is 0 Å². The van der Waals surface area contributed by atoms with Gasteiger partial charge in [0.2, 0.25) is 5.91 Å². The van der Waals surface area contributed by atoms with Crippen molar-refractivity contribution in [2.24, 2.45) is 5.92 Å². The maximum atomic E-state index is 11.4. The number of likely N-dealkylation sites (tertiary alicyclic amines) is 1. The van der Waals surface area contributed by atoms with E-state index < -0.39 is 11.9 Å². The summed E-state index contributed by atoms with van der Waals surface area (Å²) in [5.74, 6) is -1.40. The van der Waals surface area contributed by atoms with Crippen LogP contribution >= 0.6 is 0 Å². The predicted octanol–water partition coefficient (Wildman–Crippen LogP) is -0.0809. The van der Waals surface area contributed by atoms with Gasteiger partial charge in [-0.25, -0.2) is 0 Å². The standard InChI is InChI=1S/C10H18N2O3/c1-2-11-4-3-5-12-7-8(10(14)15)6-9(12)13/h8,11H,2-7H2,1H3,(H,14,15). The minimum Gasteiger partial charge on any atom is -0.481 e. The highest BCUT2D eigenvalue weighted by Crippen LogP contribution is 2.17. The first-order chi connectivity index (χ1) is 7.15. The van der Waals surface area contributed by atoms with Gasteiger partial charge in [0.15, 0.2) is 0 Å². The monoisotopic (exact) mass is 214 g/mol. The van der Waals surface area contributed by atoms with Crippen LogP contribution in [0.25, 0.3) is 0 Å². The molecule has 1 rings (SSSR count). The van der Waals surface area contributed by atoms with Crippen LogP contribution in [0.5, 0.6) is 0 Å². The molecule has 15 heavy (non-hydrogen) atoms. The number of nitrogens with one attached hydrogen (secondary N) is 1. The predicted molar refractivity (Wildman–Crippen MR) is 55.5 cm³/mol. The number of carbonyl (C=O) groups is 2. The molecule has 86 valence electrons. The summed E-state index contributed by atoms with van der Waals surface area (Å²) in [6, 6.07) is 0. The lowest BCUT2D eigenvalue weighted by Crippen LogP contribution is -2.29. The van der Waals surface area contributed by atoms with Crippen molar-refractivity contribution in [3.05, 3.63) is 0 Å². The fraction of sp³-hybridized carbons (Fsp3) is 0.800. The van der Waals surface area contributed by atoms with Gasteiger partial charge in [-0.1, -0.05) is 6.92 Å². The zero-order valence-electron chi connectivity index (χ0n) is 9.03. The summed E-state index contributed by atoms with van der Waals surface area (Å²) in [6.07, 6.45) is 1.04. The minimum absolute atomic E-state index is 0.0288. The zero-order chi connectivity index (χ0) is 11.3. The quantitative estimate of drug-likeness (QED) is 0.607. The van der Waals surface area contributed by atoms with Gasteiger partial charge in [-0.2, -0.15) is 0 Å². The van der Waals surface area contributed by atoms with Gasteiger partial charge < -0.3 is 15.3 Å². The summed E-state index contributed by atoms with van der Waals surface area (Å²) in [5, 5.41) is 11.9. The molecule has 0 aromatic carbocycles. The van der Waals surface area contributed by atoms with E-state index in [1.165, 1.54) is 0 Å². The molecule has 1 aliphatic heterocycles. The Morgan fingerprint density at radius 2 is 2.40 bits per heavy atom. The van der Waals surface area contributed by atoms with E-state index in [2.05, 4.69) is 5.32 Å². The molecule has 5 nitrogen and oxygen atoms in total. The average molecular weight is 214 g/mol. The van der Waals surface area contributed by atoms with Gasteiger partial charge >= 0.3 is 5.97 Å². The van der Waals surface area contributed by atoms with Gasteiger partial charge in [-0.15, -0.1) is 0 Å². The van der Waals surface area contributed by atoms with Crippen molar-refractivity contribution >= 4 is 11.9 Å². The Kier molecular flexibility index (Phi) is 4.55. The Hall–Kier alpha value is -1.10. The van der Waals surface area contributed by atoms with Gasteiger partial charge in [0.05, 0.1) is 5.92 Å². The van der Waals surface area contributed by atoms with E-state index in [0.29, 0.717) is 13.1 Å². The van der Waals surface area contributed by atoms with Crippen LogP contribution < -0.4 is 5.32 Å². The largest absolute Gasteiger partial charge is 0.481 e. The molecule has 1 unspecified atom stereocenters. The Labute approximate surface area is 89.4 Å². The molecule has 1 aliphatic rings. The Bertz CT molecular complexity index is 243. The van der Waals surface area contributed by atoms with Crippen LogP contribution in [0, 0.1) is 5.92 Å². The summed E-state index contributed by atoms with van der Waals surface area (Å²) in [6.45, 7) is 4.86. The maximum Gasteiger partial charge on any atom is 0.308 e. The molecule has 0 spiro atoms. The molecule has 1 heterocycles. The van der Waals surface area contributed by atoms with Gasteiger partial charge in [0.1, 0.15) is 0 Å². The summed E-state index contributed by atoms with van der Waals surface area (Å²) in [7, 11) is 0. The van der Waals surface area contributed by atoms with Gasteiger partial charge in [-0.05, 0) is 19.5 Å². The van der Waals surface area contributed by atoms with Crippen molar-refractivity contribution in [1.82, 2.24) is 10.2 Å². The lowest BCUT2D eigenvalue weighted by molar-refractivity contribution is -0.141. The normalized spacial score (nSPS) is 21.0. The number of nitrogens with zero attached hydrogens (tertiary/aromatic N) is 1. The average Bonchev–Trinajstić information content (AvgIpc) is 2.55. The van der Waals surface area contributed by atoms with Crippen LogP contribution in [0.3, 0.4) is 0 Å². The number of hydrogen-bond acceptors (Lipinski definition) is 3. The van der Waals surface area contributed by atoms with Crippen LogP contribution in [-0.2, 0) is 9.59 Å². The fourth-order valence-corrected chi connectivity index (χ4v) is 1.73. The van der Waals surface area contributed by atoms with Crippen LogP contribution in [-0.4, -0.2) is 48.1 Å². The van der Waals surface area contributed by atoms with Crippen molar-refractivity contribution in [3.8, 4) is 0 Å². The molecule has 0 saturated carbocycles. The third-order valence-electron chi connectivity index (χ3n) is 2.60. The summed E-state index contributed by atoms with van der Waals surface area (Å²) in [4.78, 5) is 23.7. The van der Waals surface area contributed by atoms with E-state index in [1.54, 1.807) is 4.90 Å². The highest BCUT2D eigenvalue weighted by molar-refractivity contribution is 5.86. The second-order valence-corrected chi connectivity index (χ2v) is 3.79. The first-order valence-electron chi connectivity index (χ1n) is 5.36. The zero-order valence-corrected chi connectivity index (χ0v) is 9.03. The van der Waals surface area contributed by atoms with Gasteiger partial charge in [0, 0.05) is 19.5 Å². The number of rotatable bonds is 6. The lowest BCUT2D eigenvalue weighted by Gasteiger charge is -2.15. The molecule has 1 amide bonds. The molecule has 0 aromatic rings. The molecule has 1 saturated heterocycles. The van der Waals surface area contributed by atoms with Crippen molar-refractivity contribution in [2.45, 2.75) is 19.8 Å². The Morgan fingerprint density at radius 3 is 2.93 bits per heavy atom. The van der Waals surface area contributed by atoms with E-state index in [0.717, 1.165) is 19.5 Å². The maximum absolute atomic E-state index is 11.4. The number of aliphatic carboxylic acids is 1. The number of carboxylic acids is 1. The fourth-order valence-electron chi connectivity index (χ4n) is 1.73. The Morgan fingerprint density at radius 1 is 1.67 bits per heavy atom. The van der Waals surface area contributed by atoms with Crippen LogP contribution in [0.4, 0.5) is 0 Å². The second kappa shape index (κ2) is 5.70. The third kappa shape index (κ3) is 3.51. The molecular weight excluding hydrogens is 196 g/mol. The SMILES string of the molecule is CCNCCCN1CC(C(=O)O)CC1=O. The molecule has 0 radical (unpaired) electrons. The highest BCUT2D eigenvalue weighted by Gasteiger charge is 2.33. The van der Waals surface area contributed by atoms with Gasteiger partial charge in [-0.3, -0.25) is 9.59 Å². The number of amides is 1. The molecule has 1 atom stereocenters. The van der Waals surface area contributed by atoms with E-state index in [9.17, 15) is 9.59 Å². The number of carbonyl (C=O) groups excluding carboxylic acids is 1. The van der Waals surface area contributed by atoms with E-state index in [1.807, 2.05) is 6.92 Å². The van der Waals surface area contributed by atoms with Gasteiger partial charge in [0.25, 0.3) is 0 Å². The summed E-state index contributed by atoms with van der Waals surface area (Å²) in [5.41, 5.74) is 0. The molecule has 1 fully saturated rings. The van der Waals surface area contributed by atoms with E-state index in [-0.39, 0.29) is 12.3 Å². The minimum atomic E-state index is -0.863. The molecule has 0 bridgehead atoms. The molecule has 2 N–H and O–H groups in total. The Balaban J connectivity index is 2.25. The van der Waals surface area contributed by atoms with Crippen molar-refractivity contribution < 1.29 is 14.7 Å². The first-order valence-corrected chi connectivity index (χ1v) is 5.36. The topological polar surface area (TPSA) is 69.6 Å². The van der Waals surface area contributed by atoms with Crippen molar-refractivity contribution in [3.63, 3.8) is 0 Å². The number of hydrogen-bond donors (Lipinski definition) is 2. The van der Waals surface area contributed by atoms with Crippen LogP contribution in [0.2, 0.25) is 0 Å². The van der Waals surface area contributed by atoms with E-state index in [4.69, 9.17) is 5.11 Å². The first kappa shape index (κ1) is 12.0. The smallest absolute Gasteiger partial charge is 0.308 e. The van der Waals surface area contributed by atoms with Crippen LogP contribution in [0.1, 0.15) is 19.8 Å². The van der Waals surface area contributed by atoms with Crippen molar-refractivity contribution in [1.29, 1.82) is 0 Å². The van der Waals surface area contributed by atoms with Crippen molar-refractivity contribution in [2.75, 3.05) is 26.2 Å². The highest BCUT2D eigenvalue weighted by atomic mass is 16.4. The third-order valence-corrected chi connectivity index (χ3v) is 2.60.